The van der Waals surface area contributed by atoms with Crippen molar-refractivity contribution in [3.8, 4) is 17.1 Å². The van der Waals surface area contributed by atoms with Crippen molar-refractivity contribution in [1.29, 1.82) is 0 Å². The third-order valence-corrected chi connectivity index (χ3v) is 2.67. The smallest absolute Gasteiger partial charge is 0.387 e. The van der Waals surface area contributed by atoms with Crippen LogP contribution in [-0.2, 0) is 0 Å². The van der Waals surface area contributed by atoms with E-state index in [1.54, 1.807) is 18.2 Å². The fraction of sp³-hybridized carbons (Fsp3) is 0.0909. The van der Waals surface area contributed by atoms with Gasteiger partial charge in [0.05, 0.1) is 28.0 Å². The van der Waals surface area contributed by atoms with Crippen LogP contribution in [0.15, 0.2) is 30.6 Å². The van der Waals surface area contributed by atoms with Crippen molar-refractivity contribution in [3.05, 3.63) is 40.6 Å². The van der Waals surface area contributed by atoms with Crippen LogP contribution in [-0.4, -0.2) is 16.6 Å². The van der Waals surface area contributed by atoms with Crippen LogP contribution >= 0.6 is 23.2 Å². The molecule has 0 bridgehead atoms. The summed E-state index contributed by atoms with van der Waals surface area (Å²) in [5.74, 6) is 0.115. The summed E-state index contributed by atoms with van der Waals surface area (Å²) >= 11 is 11.9. The first-order valence-corrected chi connectivity index (χ1v) is 5.55. The summed E-state index contributed by atoms with van der Waals surface area (Å²) in [6.07, 6.45) is 2.27. The summed E-state index contributed by atoms with van der Waals surface area (Å²) in [7, 11) is 0. The van der Waals surface area contributed by atoms with E-state index in [0.717, 1.165) is 12.4 Å². The minimum Gasteiger partial charge on any atom is -0.432 e. The van der Waals surface area contributed by atoms with Crippen molar-refractivity contribution in [2.45, 2.75) is 6.61 Å². The van der Waals surface area contributed by atoms with Crippen molar-refractivity contribution in [2.24, 2.45) is 0 Å². The highest BCUT2D eigenvalue weighted by atomic mass is 35.5. The van der Waals surface area contributed by atoms with Gasteiger partial charge in [-0.15, -0.1) is 0 Å². The second-order valence-corrected chi connectivity index (χ2v) is 4.03. The van der Waals surface area contributed by atoms with Crippen LogP contribution in [0.3, 0.4) is 0 Å². The van der Waals surface area contributed by atoms with Crippen LogP contribution in [0.1, 0.15) is 0 Å². The van der Waals surface area contributed by atoms with Crippen molar-refractivity contribution < 1.29 is 13.5 Å². The Morgan fingerprint density at radius 1 is 1.06 bits per heavy atom. The average molecular weight is 291 g/mol. The normalized spacial score (nSPS) is 10.7. The van der Waals surface area contributed by atoms with E-state index in [4.69, 9.17) is 23.2 Å². The van der Waals surface area contributed by atoms with Crippen molar-refractivity contribution in [3.63, 3.8) is 0 Å². The lowest BCUT2D eigenvalue weighted by Gasteiger charge is -2.06. The van der Waals surface area contributed by atoms with Gasteiger partial charge in [0.2, 0.25) is 0 Å². The van der Waals surface area contributed by atoms with Gasteiger partial charge in [0.15, 0.2) is 11.6 Å². The number of alkyl halides is 2. The molecule has 0 saturated heterocycles. The minimum absolute atomic E-state index is 0.128. The first-order valence-electron chi connectivity index (χ1n) is 4.79. The Bertz CT molecular complexity index is 529. The van der Waals surface area contributed by atoms with Gasteiger partial charge >= 0.3 is 6.61 Å². The first-order chi connectivity index (χ1) is 8.58. The molecular weight excluding hydrogens is 285 g/mol. The third-order valence-electron chi connectivity index (χ3n) is 2.04. The second kappa shape index (κ2) is 5.46. The fourth-order valence-electron chi connectivity index (χ4n) is 1.32. The Morgan fingerprint density at radius 2 is 1.61 bits per heavy atom. The summed E-state index contributed by atoms with van der Waals surface area (Å²) < 4.78 is 28.0. The summed E-state index contributed by atoms with van der Waals surface area (Å²) in [6, 6.07) is 4.95. The largest absolute Gasteiger partial charge is 0.432 e. The molecule has 0 unspecified atom stereocenters. The van der Waals surface area contributed by atoms with E-state index in [1.807, 2.05) is 0 Å². The second-order valence-electron chi connectivity index (χ2n) is 3.22. The lowest BCUT2D eigenvalue weighted by molar-refractivity contribution is -0.0503. The third kappa shape index (κ3) is 2.86. The number of halogens is 4. The van der Waals surface area contributed by atoms with E-state index < -0.39 is 6.61 Å². The predicted molar refractivity (Wildman–Crippen MR) is 64.1 cm³/mol. The number of nitrogens with zero attached hydrogens (tertiary/aromatic N) is 2. The summed E-state index contributed by atoms with van der Waals surface area (Å²) in [4.78, 5) is 7.77. The number of benzene rings is 1. The molecule has 0 N–H and O–H groups in total. The number of hydrogen-bond donors (Lipinski definition) is 0. The van der Waals surface area contributed by atoms with Crippen LogP contribution < -0.4 is 4.74 Å². The van der Waals surface area contributed by atoms with Gasteiger partial charge in [-0.25, -0.2) is 9.97 Å². The van der Waals surface area contributed by atoms with Gasteiger partial charge in [-0.2, -0.15) is 8.78 Å². The molecule has 0 aliphatic carbocycles. The molecule has 0 fully saturated rings. The van der Waals surface area contributed by atoms with Crippen LogP contribution in [0.4, 0.5) is 8.78 Å². The maximum Gasteiger partial charge on any atom is 0.387 e. The van der Waals surface area contributed by atoms with Crippen molar-refractivity contribution >= 4 is 23.2 Å². The Balaban J connectivity index is 2.35. The molecule has 18 heavy (non-hydrogen) atoms. The van der Waals surface area contributed by atoms with Gasteiger partial charge in [0, 0.05) is 0 Å². The average Bonchev–Trinajstić information content (AvgIpc) is 2.30. The summed E-state index contributed by atoms with van der Waals surface area (Å²) in [5, 5.41) is 0.759. The van der Waals surface area contributed by atoms with E-state index in [0.29, 0.717) is 15.6 Å². The monoisotopic (exact) mass is 290 g/mol. The maximum atomic E-state index is 12.0. The topological polar surface area (TPSA) is 35.0 Å². The number of ether oxygens (including phenoxy) is 1. The van der Waals surface area contributed by atoms with Gasteiger partial charge in [-0.3, -0.25) is 0 Å². The van der Waals surface area contributed by atoms with Gasteiger partial charge < -0.3 is 4.74 Å². The molecule has 0 aliphatic heterocycles. The Morgan fingerprint density at radius 3 is 2.11 bits per heavy atom. The lowest BCUT2D eigenvalue weighted by Crippen LogP contribution is -2.03. The van der Waals surface area contributed by atoms with Gasteiger partial charge in [-0.05, 0) is 12.1 Å². The minimum atomic E-state index is -2.91. The van der Waals surface area contributed by atoms with Crippen molar-refractivity contribution in [1.82, 2.24) is 9.97 Å². The molecule has 1 aromatic carbocycles. The number of aromatic nitrogens is 2. The fourth-order valence-corrected chi connectivity index (χ4v) is 1.89. The molecule has 1 aromatic heterocycles. The molecule has 0 radical (unpaired) electrons. The highest BCUT2D eigenvalue weighted by Crippen LogP contribution is 2.32. The van der Waals surface area contributed by atoms with Crippen LogP contribution in [0.25, 0.3) is 11.4 Å². The van der Waals surface area contributed by atoms with Crippen LogP contribution in [0, 0.1) is 0 Å². The SMILES string of the molecule is FC(F)Oc1cnc(-c2c(Cl)cccc2Cl)nc1. The summed E-state index contributed by atoms with van der Waals surface area (Å²) in [5.41, 5.74) is 0.449. The molecule has 2 rings (SSSR count). The molecule has 0 saturated carbocycles. The first kappa shape index (κ1) is 13.0. The van der Waals surface area contributed by atoms with Gasteiger partial charge in [-0.1, -0.05) is 29.3 Å². The molecule has 94 valence electrons. The zero-order valence-electron chi connectivity index (χ0n) is 8.78. The van der Waals surface area contributed by atoms with E-state index in [1.165, 1.54) is 0 Å². The van der Waals surface area contributed by atoms with E-state index in [9.17, 15) is 8.78 Å². The van der Waals surface area contributed by atoms with Gasteiger partial charge in [0.25, 0.3) is 0 Å². The molecule has 7 heteroatoms. The number of hydrogen-bond acceptors (Lipinski definition) is 3. The Hall–Kier alpha value is -1.46. The van der Waals surface area contributed by atoms with Crippen LogP contribution in [0.5, 0.6) is 5.75 Å². The Labute approximate surface area is 111 Å². The predicted octanol–water partition coefficient (Wildman–Crippen LogP) is 4.05. The molecular formula is C11H6Cl2F2N2O. The number of rotatable bonds is 3. The molecule has 3 nitrogen and oxygen atoms in total. The molecule has 0 atom stereocenters. The highest BCUT2D eigenvalue weighted by Gasteiger charge is 2.12. The zero-order valence-corrected chi connectivity index (χ0v) is 10.3. The van der Waals surface area contributed by atoms with Crippen LogP contribution in [0.2, 0.25) is 10.0 Å². The van der Waals surface area contributed by atoms with Gasteiger partial charge in [0.1, 0.15) is 0 Å². The molecule has 2 aromatic rings. The van der Waals surface area contributed by atoms with Crippen molar-refractivity contribution in [2.75, 3.05) is 0 Å². The Kier molecular flexibility index (Phi) is 3.93. The molecule has 1 heterocycles. The quantitative estimate of drug-likeness (QED) is 0.855. The van der Waals surface area contributed by atoms with E-state index in [2.05, 4.69) is 14.7 Å². The summed E-state index contributed by atoms with van der Waals surface area (Å²) in [6.45, 7) is -2.91. The zero-order chi connectivity index (χ0) is 13.1. The molecule has 0 amide bonds. The van der Waals surface area contributed by atoms with E-state index >= 15 is 0 Å². The highest BCUT2D eigenvalue weighted by molar-refractivity contribution is 6.38. The maximum absolute atomic E-state index is 12.0. The van der Waals surface area contributed by atoms with E-state index in [-0.39, 0.29) is 11.6 Å². The molecule has 0 spiro atoms. The molecule has 0 aliphatic rings. The standard InChI is InChI=1S/C11H6Cl2F2N2O/c12-7-2-1-3-8(13)9(7)10-16-4-6(5-17-10)18-11(14)15/h1-5,11H. The lowest BCUT2D eigenvalue weighted by atomic mass is 10.2.